The minimum Gasteiger partial charge on any atom is -0.508 e. The highest BCUT2D eigenvalue weighted by atomic mass is 16.3. The van der Waals surface area contributed by atoms with Crippen molar-refractivity contribution >= 4 is 5.91 Å². The van der Waals surface area contributed by atoms with Gasteiger partial charge in [-0.05, 0) is 43.0 Å². The van der Waals surface area contributed by atoms with E-state index in [1.54, 1.807) is 17.0 Å². The highest BCUT2D eigenvalue weighted by molar-refractivity contribution is 5.94. The van der Waals surface area contributed by atoms with Gasteiger partial charge >= 0.3 is 0 Å². The van der Waals surface area contributed by atoms with Gasteiger partial charge in [0.05, 0.1) is 6.54 Å². The molecule has 3 nitrogen and oxygen atoms in total. The van der Waals surface area contributed by atoms with E-state index in [2.05, 4.69) is 5.92 Å². The van der Waals surface area contributed by atoms with Crippen molar-refractivity contribution in [2.45, 2.75) is 12.8 Å². The molecule has 0 aromatic heterocycles. The van der Waals surface area contributed by atoms with E-state index in [4.69, 9.17) is 6.42 Å². The van der Waals surface area contributed by atoms with Crippen LogP contribution in [0.1, 0.15) is 23.2 Å². The molecule has 1 amide bonds. The summed E-state index contributed by atoms with van der Waals surface area (Å²) in [6.45, 7) is 1.08. The zero-order chi connectivity index (χ0) is 12.3. The molecule has 88 valence electrons. The van der Waals surface area contributed by atoms with Gasteiger partial charge < -0.3 is 10.0 Å². The minimum atomic E-state index is -0.0603. The van der Waals surface area contributed by atoms with Crippen LogP contribution in [0.5, 0.6) is 5.75 Å². The molecule has 0 unspecified atom stereocenters. The molecule has 1 aliphatic rings. The Morgan fingerprint density at radius 3 is 2.59 bits per heavy atom. The van der Waals surface area contributed by atoms with Crippen LogP contribution < -0.4 is 0 Å². The maximum atomic E-state index is 12.2. The Kier molecular flexibility index (Phi) is 3.34. The van der Waals surface area contributed by atoms with Crippen molar-refractivity contribution in [3.05, 3.63) is 29.8 Å². The van der Waals surface area contributed by atoms with E-state index < -0.39 is 0 Å². The lowest BCUT2D eigenvalue weighted by molar-refractivity contribution is 0.0770. The molecule has 1 saturated carbocycles. The number of aromatic hydroxyl groups is 1. The number of phenols is 1. The molecule has 0 radical (unpaired) electrons. The van der Waals surface area contributed by atoms with E-state index in [-0.39, 0.29) is 11.7 Å². The quantitative estimate of drug-likeness (QED) is 0.801. The molecule has 1 aromatic carbocycles. The smallest absolute Gasteiger partial charge is 0.254 e. The van der Waals surface area contributed by atoms with Gasteiger partial charge in [0, 0.05) is 12.1 Å². The summed E-state index contributed by atoms with van der Waals surface area (Å²) >= 11 is 0. The summed E-state index contributed by atoms with van der Waals surface area (Å²) < 4.78 is 0. The van der Waals surface area contributed by atoms with Crippen LogP contribution in [0.4, 0.5) is 0 Å². The molecule has 2 rings (SSSR count). The summed E-state index contributed by atoms with van der Waals surface area (Å²) in [6, 6.07) is 6.26. The second-order valence-corrected chi connectivity index (χ2v) is 4.38. The van der Waals surface area contributed by atoms with Gasteiger partial charge in [0.15, 0.2) is 0 Å². The van der Waals surface area contributed by atoms with E-state index in [9.17, 15) is 9.90 Å². The normalized spacial score (nSPS) is 14.1. The topological polar surface area (TPSA) is 40.5 Å². The van der Waals surface area contributed by atoms with Gasteiger partial charge in [0.1, 0.15) is 5.75 Å². The van der Waals surface area contributed by atoms with Crippen LogP contribution in [0, 0.1) is 18.3 Å². The van der Waals surface area contributed by atoms with Crippen molar-refractivity contribution < 1.29 is 9.90 Å². The zero-order valence-corrected chi connectivity index (χ0v) is 9.60. The fourth-order valence-corrected chi connectivity index (χ4v) is 1.73. The van der Waals surface area contributed by atoms with Crippen LogP contribution in [-0.4, -0.2) is 29.0 Å². The molecule has 0 spiro atoms. The largest absolute Gasteiger partial charge is 0.508 e. The van der Waals surface area contributed by atoms with Crippen molar-refractivity contribution in [2.24, 2.45) is 5.92 Å². The number of phenolic OH excluding ortho intramolecular Hbond substituents is 1. The molecule has 1 fully saturated rings. The first kappa shape index (κ1) is 11.5. The minimum absolute atomic E-state index is 0.0603. The first-order valence-electron chi connectivity index (χ1n) is 5.72. The molecule has 17 heavy (non-hydrogen) atoms. The van der Waals surface area contributed by atoms with E-state index in [0.29, 0.717) is 18.0 Å². The summed E-state index contributed by atoms with van der Waals surface area (Å²) in [5.41, 5.74) is 0.568. The van der Waals surface area contributed by atoms with Crippen molar-refractivity contribution in [1.29, 1.82) is 0 Å². The Balaban J connectivity index is 2.09. The molecule has 0 bridgehead atoms. The van der Waals surface area contributed by atoms with E-state index in [0.717, 1.165) is 6.54 Å². The van der Waals surface area contributed by atoms with Gasteiger partial charge in [-0.1, -0.05) is 5.92 Å². The standard InChI is InChI=1S/C14H15NO2/c1-2-9-15(10-11-3-4-11)14(17)12-5-7-13(16)8-6-12/h1,5-8,11,16H,3-4,9-10H2. The molecule has 0 atom stereocenters. The van der Waals surface area contributed by atoms with Crippen LogP contribution >= 0.6 is 0 Å². The summed E-state index contributed by atoms with van der Waals surface area (Å²) in [6.07, 6.45) is 7.65. The molecular formula is C14H15NO2. The van der Waals surface area contributed by atoms with Crippen LogP contribution in [0.25, 0.3) is 0 Å². The van der Waals surface area contributed by atoms with Crippen LogP contribution in [0.2, 0.25) is 0 Å². The number of carbonyl (C=O) groups is 1. The number of hydrogen-bond acceptors (Lipinski definition) is 2. The van der Waals surface area contributed by atoms with Crippen molar-refractivity contribution in [2.75, 3.05) is 13.1 Å². The third-order valence-corrected chi connectivity index (χ3v) is 2.86. The van der Waals surface area contributed by atoms with Gasteiger partial charge in [-0.2, -0.15) is 0 Å². The van der Waals surface area contributed by atoms with Crippen LogP contribution in [0.3, 0.4) is 0 Å². The molecule has 1 aliphatic carbocycles. The molecule has 0 heterocycles. The third-order valence-electron chi connectivity index (χ3n) is 2.86. The lowest BCUT2D eigenvalue weighted by atomic mass is 10.2. The maximum absolute atomic E-state index is 12.2. The lowest BCUT2D eigenvalue weighted by Crippen LogP contribution is -2.33. The van der Waals surface area contributed by atoms with Crippen LogP contribution in [-0.2, 0) is 0 Å². The zero-order valence-electron chi connectivity index (χ0n) is 9.60. The molecule has 1 N–H and O–H groups in total. The lowest BCUT2D eigenvalue weighted by Gasteiger charge is -2.20. The van der Waals surface area contributed by atoms with E-state index in [1.807, 2.05) is 0 Å². The van der Waals surface area contributed by atoms with Gasteiger partial charge in [-0.3, -0.25) is 4.79 Å². The Hall–Kier alpha value is -1.95. The SMILES string of the molecule is C#CCN(CC1CC1)C(=O)c1ccc(O)cc1. The van der Waals surface area contributed by atoms with Crippen molar-refractivity contribution in [3.8, 4) is 18.1 Å². The second kappa shape index (κ2) is 4.92. The third kappa shape index (κ3) is 3.01. The Bertz CT molecular complexity index is 440. The Morgan fingerprint density at radius 2 is 2.06 bits per heavy atom. The number of benzene rings is 1. The first-order chi connectivity index (χ1) is 8.20. The summed E-state index contributed by atoms with van der Waals surface area (Å²) in [4.78, 5) is 13.9. The Morgan fingerprint density at radius 1 is 1.41 bits per heavy atom. The van der Waals surface area contributed by atoms with Crippen molar-refractivity contribution in [1.82, 2.24) is 4.90 Å². The van der Waals surface area contributed by atoms with Crippen molar-refractivity contribution in [3.63, 3.8) is 0 Å². The monoisotopic (exact) mass is 229 g/mol. The highest BCUT2D eigenvalue weighted by Crippen LogP contribution is 2.30. The van der Waals surface area contributed by atoms with Gasteiger partial charge in [-0.15, -0.1) is 6.42 Å². The first-order valence-corrected chi connectivity index (χ1v) is 5.72. The molecule has 3 heteroatoms. The fraction of sp³-hybridized carbons (Fsp3) is 0.357. The van der Waals surface area contributed by atoms with E-state index >= 15 is 0 Å². The van der Waals surface area contributed by atoms with Gasteiger partial charge in [0.25, 0.3) is 5.91 Å². The molecule has 0 aliphatic heterocycles. The van der Waals surface area contributed by atoms with Crippen LogP contribution in [0.15, 0.2) is 24.3 Å². The molecule has 1 aromatic rings. The number of nitrogens with zero attached hydrogens (tertiary/aromatic N) is 1. The fourth-order valence-electron chi connectivity index (χ4n) is 1.73. The maximum Gasteiger partial charge on any atom is 0.254 e. The number of rotatable bonds is 4. The average molecular weight is 229 g/mol. The summed E-state index contributed by atoms with van der Waals surface area (Å²) in [7, 11) is 0. The summed E-state index contributed by atoms with van der Waals surface area (Å²) in [5.74, 6) is 3.23. The predicted molar refractivity (Wildman–Crippen MR) is 65.6 cm³/mol. The number of carbonyl (C=O) groups excluding carboxylic acids is 1. The second-order valence-electron chi connectivity index (χ2n) is 4.38. The number of terminal acetylenes is 1. The molecular weight excluding hydrogens is 214 g/mol. The van der Waals surface area contributed by atoms with Gasteiger partial charge in [0.2, 0.25) is 0 Å². The Labute approximate surface area is 101 Å². The summed E-state index contributed by atoms with van der Waals surface area (Å²) in [5, 5.41) is 9.18. The number of amides is 1. The molecule has 0 saturated heterocycles. The van der Waals surface area contributed by atoms with Gasteiger partial charge in [-0.25, -0.2) is 0 Å². The van der Waals surface area contributed by atoms with E-state index in [1.165, 1.54) is 25.0 Å². The highest BCUT2D eigenvalue weighted by Gasteiger charge is 2.26. The average Bonchev–Trinajstić information content (AvgIpc) is 3.13. The predicted octanol–water partition coefficient (Wildman–Crippen LogP) is 1.88. The number of hydrogen-bond donors (Lipinski definition) is 1.